The van der Waals surface area contributed by atoms with Crippen LogP contribution < -0.4 is 5.32 Å². The second kappa shape index (κ2) is 6.80. The van der Waals surface area contributed by atoms with E-state index in [1.165, 1.54) is 12.8 Å². The molecule has 0 aromatic carbocycles. The van der Waals surface area contributed by atoms with Crippen molar-refractivity contribution in [2.24, 2.45) is 0 Å². The monoisotopic (exact) mass is 286 g/mol. The molecule has 5 nitrogen and oxygen atoms in total. The molecule has 2 aromatic heterocycles. The molecule has 2 atom stereocenters. The van der Waals surface area contributed by atoms with E-state index in [1.54, 1.807) is 6.20 Å². The molecular formula is C16H22N4O. The topological polar surface area (TPSA) is 63.8 Å². The Morgan fingerprint density at radius 1 is 1.33 bits per heavy atom. The summed E-state index contributed by atoms with van der Waals surface area (Å²) in [6.45, 7) is 3.24. The molecule has 3 rings (SSSR count). The highest BCUT2D eigenvalue weighted by atomic mass is 16.5. The lowest BCUT2D eigenvalue weighted by atomic mass is 10.0. The summed E-state index contributed by atoms with van der Waals surface area (Å²) in [6.07, 6.45) is 7.12. The van der Waals surface area contributed by atoms with Crippen LogP contribution in [0, 0.1) is 0 Å². The maximum atomic E-state index is 5.50. The summed E-state index contributed by atoms with van der Waals surface area (Å²) < 4.78 is 5.50. The van der Waals surface area contributed by atoms with Crippen molar-refractivity contribution in [3.8, 4) is 0 Å². The van der Waals surface area contributed by atoms with Crippen LogP contribution in [0.25, 0.3) is 0 Å². The van der Waals surface area contributed by atoms with Gasteiger partial charge in [0.2, 0.25) is 5.89 Å². The van der Waals surface area contributed by atoms with Crippen LogP contribution in [0.4, 0.5) is 0 Å². The minimum atomic E-state index is 0.363. The first kappa shape index (κ1) is 14.2. The molecule has 2 aromatic rings. The first-order chi connectivity index (χ1) is 10.4. The van der Waals surface area contributed by atoms with Crippen molar-refractivity contribution in [1.29, 1.82) is 0 Å². The third kappa shape index (κ3) is 3.47. The van der Waals surface area contributed by atoms with Crippen LogP contribution in [0.15, 0.2) is 28.9 Å². The van der Waals surface area contributed by atoms with E-state index in [9.17, 15) is 0 Å². The fourth-order valence-corrected chi connectivity index (χ4v) is 2.98. The largest absolute Gasteiger partial charge is 0.339 e. The molecule has 0 spiro atoms. The van der Waals surface area contributed by atoms with Gasteiger partial charge in [-0.25, -0.2) is 0 Å². The fourth-order valence-electron chi connectivity index (χ4n) is 2.98. The van der Waals surface area contributed by atoms with Gasteiger partial charge in [0.15, 0.2) is 5.82 Å². The lowest BCUT2D eigenvalue weighted by Crippen LogP contribution is -2.31. The van der Waals surface area contributed by atoms with Gasteiger partial charge >= 0.3 is 0 Å². The molecule has 0 aliphatic heterocycles. The fraction of sp³-hybridized carbons (Fsp3) is 0.562. The van der Waals surface area contributed by atoms with Crippen molar-refractivity contribution < 1.29 is 4.52 Å². The third-order valence-corrected chi connectivity index (χ3v) is 4.04. The molecule has 1 aliphatic carbocycles. The number of nitrogens with one attached hydrogen (secondary N) is 1. The third-order valence-electron chi connectivity index (χ3n) is 4.04. The van der Waals surface area contributed by atoms with Gasteiger partial charge in [0.05, 0.1) is 12.3 Å². The van der Waals surface area contributed by atoms with Gasteiger partial charge < -0.3 is 9.84 Å². The van der Waals surface area contributed by atoms with Gasteiger partial charge in [-0.2, -0.15) is 4.98 Å². The first-order valence-electron chi connectivity index (χ1n) is 7.82. The zero-order valence-electron chi connectivity index (χ0n) is 12.5. The van der Waals surface area contributed by atoms with Crippen LogP contribution in [0.5, 0.6) is 0 Å². The smallest absolute Gasteiger partial charge is 0.231 e. The molecule has 0 amide bonds. The molecule has 0 bridgehead atoms. The predicted octanol–water partition coefficient (Wildman–Crippen LogP) is 2.69. The summed E-state index contributed by atoms with van der Waals surface area (Å²) in [5, 5.41) is 7.72. The molecule has 0 radical (unpaired) electrons. The second-order valence-electron chi connectivity index (χ2n) is 5.64. The summed E-state index contributed by atoms with van der Waals surface area (Å²) in [5.41, 5.74) is 0.969. The van der Waals surface area contributed by atoms with E-state index in [2.05, 4.69) is 27.4 Å². The summed E-state index contributed by atoms with van der Waals surface area (Å²) in [7, 11) is 0. The first-order valence-corrected chi connectivity index (χ1v) is 7.82. The number of pyridine rings is 1. The standard InChI is InChI=1S/C16H22N4O/c1-2-9-18-14-8-5-7-13(14)16-19-15(20-21-16)11-12-6-3-4-10-17-12/h3-4,6,10,13-14,18H,2,5,7-9,11H2,1H3. The van der Waals surface area contributed by atoms with Crippen LogP contribution in [-0.4, -0.2) is 27.7 Å². The molecule has 1 N–H and O–H groups in total. The molecule has 0 saturated heterocycles. The number of hydrogen-bond acceptors (Lipinski definition) is 5. The molecule has 2 unspecified atom stereocenters. The van der Waals surface area contributed by atoms with E-state index in [1.807, 2.05) is 18.2 Å². The molecule has 1 saturated carbocycles. The number of rotatable bonds is 6. The van der Waals surface area contributed by atoms with Gasteiger partial charge in [-0.1, -0.05) is 24.6 Å². The maximum absolute atomic E-state index is 5.50. The lowest BCUT2D eigenvalue weighted by Gasteiger charge is -2.17. The van der Waals surface area contributed by atoms with Crippen LogP contribution in [0.2, 0.25) is 0 Å². The average Bonchev–Trinajstić information content (AvgIpc) is 3.15. The molecule has 21 heavy (non-hydrogen) atoms. The normalized spacial score (nSPS) is 21.8. The van der Waals surface area contributed by atoms with Gasteiger partial charge in [0.1, 0.15) is 0 Å². The van der Waals surface area contributed by atoms with Crippen LogP contribution in [0.3, 0.4) is 0 Å². The second-order valence-corrected chi connectivity index (χ2v) is 5.64. The Bertz CT molecular complexity index is 554. The lowest BCUT2D eigenvalue weighted by molar-refractivity contribution is 0.328. The van der Waals surface area contributed by atoms with E-state index in [4.69, 9.17) is 4.52 Å². The Hall–Kier alpha value is -1.75. The summed E-state index contributed by atoms with van der Waals surface area (Å²) in [4.78, 5) is 8.89. The van der Waals surface area contributed by atoms with Crippen molar-refractivity contribution in [3.63, 3.8) is 0 Å². The van der Waals surface area contributed by atoms with Gasteiger partial charge in [-0.15, -0.1) is 0 Å². The molecular weight excluding hydrogens is 264 g/mol. The van der Waals surface area contributed by atoms with Crippen molar-refractivity contribution in [2.45, 2.75) is 51.0 Å². The van der Waals surface area contributed by atoms with E-state index in [0.29, 0.717) is 18.4 Å². The van der Waals surface area contributed by atoms with Gasteiger partial charge in [0.25, 0.3) is 0 Å². The Balaban J connectivity index is 1.66. The number of aromatic nitrogens is 3. The average molecular weight is 286 g/mol. The minimum absolute atomic E-state index is 0.363. The number of hydrogen-bond donors (Lipinski definition) is 1. The van der Waals surface area contributed by atoms with Crippen LogP contribution >= 0.6 is 0 Å². The molecule has 112 valence electrons. The van der Waals surface area contributed by atoms with Crippen LogP contribution in [-0.2, 0) is 6.42 Å². The molecule has 1 aliphatic rings. The molecule has 2 heterocycles. The quantitative estimate of drug-likeness (QED) is 0.884. The molecule has 5 heteroatoms. The Kier molecular flexibility index (Phi) is 4.60. The summed E-state index contributed by atoms with van der Waals surface area (Å²) >= 11 is 0. The summed E-state index contributed by atoms with van der Waals surface area (Å²) in [6, 6.07) is 6.35. The summed E-state index contributed by atoms with van der Waals surface area (Å²) in [5.74, 6) is 1.87. The predicted molar refractivity (Wildman–Crippen MR) is 80.0 cm³/mol. The van der Waals surface area contributed by atoms with Gasteiger partial charge in [0, 0.05) is 17.9 Å². The number of nitrogens with zero attached hydrogens (tertiary/aromatic N) is 3. The zero-order valence-corrected chi connectivity index (χ0v) is 12.5. The maximum Gasteiger partial charge on any atom is 0.231 e. The van der Waals surface area contributed by atoms with Crippen molar-refractivity contribution in [1.82, 2.24) is 20.4 Å². The highest BCUT2D eigenvalue weighted by Gasteiger charge is 2.32. The van der Waals surface area contributed by atoms with Crippen LogP contribution in [0.1, 0.15) is 55.9 Å². The highest BCUT2D eigenvalue weighted by Crippen LogP contribution is 2.33. The Morgan fingerprint density at radius 3 is 3.10 bits per heavy atom. The van der Waals surface area contributed by atoms with E-state index in [0.717, 1.165) is 36.8 Å². The minimum Gasteiger partial charge on any atom is -0.339 e. The van der Waals surface area contributed by atoms with E-state index in [-0.39, 0.29) is 0 Å². The SMILES string of the molecule is CCCNC1CCCC1c1nc(Cc2ccccn2)no1. The van der Waals surface area contributed by atoms with Crippen molar-refractivity contribution >= 4 is 0 Å². The Morgan fingerprint density at radius 2 is 2.29 bits per heavy atom. The van der Waals surface area contributed by atoms with E-state index >= 15 is 0 Å². The molecule has 1 fully saturated rings. The highest BCUT2D eigenvalue weighted by molar-refractivity contribution is 5.10. The Labute approximate surface area is 125 Å². The van der Waals surface area contributed by atoms with Gasteiger partial charge in [-0.05, 0) is 37.9 Å². The van der Waals surface area contributed by atoms with Gasteiger partial charge in [-0.3, -0.25) is 4.98 Å². The zero-order chi connectivity index (χ0) is 14.5. The van der Waals surface area contributed by atoms with Crippen molar-refractivity contribution in [2.75, 3.05) is 6.54 Å². The van der Waals surface area contributed by atoms with Crippen molar-refractivity contribution in [3.05, 3.63) is 41.8 Å². The van der Waals surface area contributed by atoms with E-state index < -0.39 is 0 Å².